The van der Waals surface area contributed by atoms with E-state index in [9.17, 15) is 127 Å². The Hall–Kier alpha value is -7.56. The SMILES string of the molecule is Cc1cc(-c2ncc(C(F)(F)F)c(F)n2)[c-]c(C(F)(F)F)n1.Cc1cc(-c2nccc(C(F)(F)F)n2)[c-]c(C(F)(F)F)n1.Cc1nc(C(F)(F)F)c[c-]c1-c1cccc(C(F)(F)F)n1.Cc1nc(C(F)(F)F)c[c-]c1-c1ncc(C(F)(F)F)cn1.Cc1nc(C(F)(F)F)c[c-]c1-c1ncc(F)cn1.[Ir].[Ir].[Ir].[Ir].[Ir]. The summed E-state index contributed by atoms with van der Waals surface area (Å²) in [6, 6.07) is 18.6. The van der Waals surface area contributed by atoms with Gasteiger partial charge in [0.1, 0.15) is 17.0 Å². The Morgan fingerprint density at radius 3 is 1.01 bits per heavy atom. The van der Waals surface area contributed by atoms with Crippen molar-refractivity contribution in [2.75, 3.05) is 0 Å². The first-order valence-electron chi connectivity index (χ1n) is 26.9. The van der Waals surface area contributed by atoms with Crippen LogP contribution in [0.2, 0.25) is 0 Å². The predicted molar refractivity (Wildman–Crippen MR) is 291 cm³/mol. The summed E-state index contributed by atoms with van der Waals surface area (Å²) in [4.78, 5) is 47.2. The third kappa shape index (κ3) is 28.1. The molecule has 10 heterocycles. The molecule has 0 N–H and O–H groups in total. The average molecular weight is 2460 g/mol. The molecule has 0 amide bonds. The van der Waals surface area contributed by atoms with Crippen molar-refractivity contribution < 1.29 is 228 Å². The molecule has 0 aromatic carbocycles. The summed E-state index contributed by atoms with van der Waals surface area (Å²) in [6.07, 6.45) is -38.4. The first-order valence-corrected chi connectivity index (χ1v) is 26.9. The largest absolute Gasteiger partial charge is 0.432 e. The van der Waals surface area contributed by atoms with E-state index in [1.165, 1.54) is 40.7 Å². The first-order chi connectivity index (χ1) is 47.1. The van der Waals surface area contributed by atoms with Gasteiger partial charge in [-0.1, -0.05) is 44.0 Å². The van der Waals surface area contributed by atoms with Crippen molar-refractivity contribution in [3.8, 4) is 56.8 Å². The number of nitrogens with zero attached hydrogens (tertiary/aromatic N) is 14. The van der Waals surface area contributed by atoms with Crippen LogP contribution in [0.4, 0.5) is 127 Å². The molecule has 0 unspecified atom stereocenters. The monoisotopic (exact) mass is 2460 g/mol. The number of rotatable bonds is 5. The van der Waals surface area contributed by atoms with Gasteiger partial charge in [-0.3, -0.25) is 44.9 Å². The topological polar surface area (TPSA) is 180 Å². The molecule has 14 nitrogen and oxygen atoms in total. The Balaban J connectivity index is 0.000000668. The standard InChI is InChI=1S/C13H7F6N2.C12H5F7N3.2C12H6F6N3.C11H6F4N3.5Ir/c1-7-8(5-6-11(20-7)13(17,18)19)9-3-2-4-10(21-9)12(14,15)16;1-5-2-6(3-8(21-5)12(17,18)19)10-20-4-7(9(13)22-10)11(14,15)16;1-6-8(2-3-9(21-6)12(16,17)18)10-19-4-7(5-20-10)11(13,14)15;1-6-4-7(5-9(20-6)12(16,17)18)10-19-3-2-8(21-10)11(13,14)15;1-6-8(10-16-4-7(12)5-17-10)2-3-9(18-6)11(13,14)15;;;;;/h2-4,6H,1H3;2,4H,1H3;3-5H,1H3;2-4H,1H3;3-5H,1H3;;;;;/q5*-1;;;;;. The molecule has 0 aliphatic heterocycles. The Bertz CT molecular complexity index is 4610. The van der Waals surface area contributed by atoms with Crippen molar-refractivity contribution in [2.45, 2.75) is 90.2 Å². The molecule has 0 atom stereocenters. The van der Waals surface area contributed by atoms with Gasteiger partial charge in [-0.25, -0.2) is 4.39 Å². The van der Waals surface area contributed by atoms with Gasteiger partial charge in [0.15, 0.2) is 5.82 Å². The molecule has 593 valence electrons. The van der Waals surface area contributed by atoms with E-state index in [1.807, 2.05) is 12.1 Å². The maximum Gasteiger partial charge on any atom is 0.432 e. The van der Waals surface area contributed by atoms with Crippen LogP contribution in [-0.4, -0.2) is 69.8 Å². The molecule has 10 aromatic rings. The number of alkyl halides is 27. The number of pyridine rings is 6. The van der Waals surface area contributed by atoms with E-state index >= 15 is 0 Å². The predicted octanol–water partition coefficient (Wildman–Crippen LogP) is 18.3. The molecule has 0 bridgehead atoms. The van der Waals surface area contributed by atoms with E-state index in [0.717, 1.165) is 48.9 Å². The first kappa shape index (κ1) is 98.4. The van der Waals surface area contributed by atoms with Crippen molar-refractivity contribution in [3.05, 3.63) is 213 Å². The summed E-state index contributed by atoms with van der Waals surface area (Å²) in [5, 5.41) is 0. The fourth-order valence-electron chi connectivity index (χ4n) is 7.52. The van der Waals surface area contributed by atoms with Gasteiger partial charge in [0, 0.05) is 137 Å². The second-order valence-corrected chi connectivity index (χ2v) is 19.9. The molecule has 48 heteroatoms. The van der Waals surface area contributed by atoms with Crippen molar-refractivity contribution in [3.63, 3.8) is 0 Å². The van der Waals surface area contributed by atoms with Crippen LogP contribution in [0.15, 0.2) is 91.8 Å². The molecular weight excluding hydrogens is 2430 g/mol. The summed E-state index contributed by atoms with van der Waals surface area (Å²) >= 11 is 0. The Kier molecular flexibility index (Phi) is 35.0. The Morgan fingerprint density at radius 1 is 0.315 bits per heavy atom. The zero-order chi connectivity index (χ0) is 77.6. The zero-order valence-electron chi connectivity index (χ0n) is 52.5. The number of aromatic nitrogens is 14. The van der Waals surface area contributed by atoms with Crippen LogP contribution in [0.1, 0.15) is 79.5 Å². The van der Waals surface area contributed by atoms with Crippen LogP contribution >= 0.6 is 0 Å². The van der Waals surface area contributed by atoms with Crippen LogP contribution in [-0.2, 0) is 156 Å². The van der Waals surface area contributed by atoms with E-state index < -0.39 is 136 Å². The fraction of sp³-hybridized carbons (Fsp3) is 0.233. The van der Waals surface area contributed by atoms with Gasteiger partial charge in [-0.15, -0.1) is 77.4 Å². The number of hydrogen-bond donors (Lipinski definition) is 0. The van der Waals surface area contributed by atoms with Gasteiger partial charge in [0.05, 0.1) is 58.1 Å². The van der Waals surface area contributed by atoms with Crippen LogP contribution in [0, 0.1) is 76.7 Å². The number of aryl methyl sites for hydroxylation is 5. The van der Waals surface area contributed by atoms with Crippen molar-refractivity contribution in [1.29, 1.82) is 0 Å². The van der Waals surface area contributed by atoms with E-state index in [0.29, 0.717) is 30.6 Å². The second kappa shape index (κ2) is 38.4. The van der Waals surface area contributed by atoms with Gasteiger partial charge >= 0.3 is 55.6 Å². The van der Waals surface area contributed by atoms with Crippen molar-refractivity contribution in [2.24, 2.45) is 0 Å². The molecule has 10 aromatic heterocycles. The number of halogens is 29. The molecule has 0 fully saturated rings. The van der Waals surface area contributed by atoms with Gasteiger partial charge in [-0.2, -0.15) is 123 Å². The van der Waals surface area contributed by atoms with Gasteiger partial charge in [0.2, 0.25) is 5.95 Å². The minimum absolute atomic E-state index is 0. The minimum Gasteiger partial charge on any atom is -0.344 e. The molecule has 0 saturated heterocycles. The van der Waals surface area contributed by atoms with Crippen molar-refractivity contribution >= 4 is 0 Å². The van der Waals surface area contributed by atoms with E-state index in [2.05, 4.69) is 88.0 Å². The molecule has 108 heavy (non-hydrogen) atoms. The van der Waals surface area contributed by atoms with E-state index in [-0.39, 0.29) is 175 Å². The quantitative estimate of drug-likeness (QED) is 0.0902. The molecule has 10 rings (SSSR count). The second-order valence-electron chi connectivity index (χ2n) is 19.9. The molecule has 5 radical (unpaired) electrons. The molecular formula is C60H30F29Ir5N14-5. The summed E-state index contributed by atoms with van der Waals surface area (Å²) in [5.74, 6) is -3.76. The Morgan fingerprint density at radius 2 is 0.667 bits per heavy atom. The maximum absolute atomic E-state index is 13.3. The van der Waals surface area contributed by atoms with Gasteiger partial charge in [-0.05, 0) is 60.1 Å². The summed E-state index contributed by atoms with van der Waals surface area (Å²) in [7, 11) is 0. The van der Waals surface area contributed by atoms with Crippen LogP contribution in [0.25, 0.3) is 56.8 Å². The van der Waals surface area contributed by atoms with E-state index in [4.69, 9.17) is 0 Å². The van der Waals surface area contributed by atoms with Crippen molar-refractivity contribution in [1.82, 2.24) is 69.8 Å². The van der Waals surface area contributed by atoms with E-state index in [1.54, 1.807) is 0 Å². The third-order valence-electron chi connectivity index (χ3n) is 12.0. The Labute approximate surface area is 653 Å². The molecule has 0 aliphatic rings. The van der Waals surface area contributed by atoms with Crippen LogP contribution in [0.5, 0.6) is 0 Å². The van der Waals surface area contributed by atoms with Crippen LogP contribution in [0.3, 0.4) is 0 Å². The van der Waals surface area contributed by atoms with Gasteiger partial charge in [0.25, 0.3) is 0 Å². The van der Waals surface area contributed by atoms with Gasteiger partial charge < -0.3 is 24.9 Å². The normalized spacial score (nSPS) is 11.8. The van der Waals surface area contributed by atoms with Crippen LogP contribution < -0.4 is 0 Å². The molecule has 0 saturated carbocycles. The third-order valence-corrected chi connectivity index (χ3v) is 12.0. The smallest absolute Gasteiger partial charge is 0.344 e. The zero-order valence-corrected chi connectivity index (χ0v) is 64.5. The minimum atomic E-state index is -5.00. The average Bonchev–Trinajstić information content (AvgIpc) is 0.804. The summed E-state index contributed by atoms with van der Waals surface area (Å²) in [6.45, 7) is 6.41. The summed E-state index contributed by atoms with van der Waals surface area (Å²) in [5.41, 5.74) is -12.1. The molecule has 0 aliphatic carbocycles. The number of hydrogen-bond acceptors (Lipinski definition) is 14. The fourth-order valence-corrected chi connectivity index (χ4v) is 7.52. The summed E-state index contributed by atoms with van der Waals surface area (Å²) < 4.78 is 363. The molecule has 0 spiro atoms. The maximum atomic E-state index is 13.3.